The van der Waals surface area contributed by atoms with Crippen LogP contribution in [-0.2, 0) is 12.6 Å². The van der Waals surface area contributed by atoms with Crippen molar-refractivity contribution in [1.29, 1.82) is 0 Å². The maximum Gasteiger partial charge on any atom is 0.416 e. The highest BCUT2D eigenvalue weighted by Gasteiger charge is 2.31. The third kappa shape index (κ3) is 4.55. The fourth-order valence-corrected chi connectivity index (χ4v) is 4.71. The smallest absolute Gasteiger partial charge is 0.397 e. The summed E-state index contributed by atoms with van der Waals surface area (Å²) in [6, 6.07) is 8.46. The molecule has 2 aromatic carbocycles. The van der Waals surface area contributed by atoms with Gasteiger partial charge in [0.2, 0.25) is 0 Å². The zero-order chi connectivity index (χ0) is 23.0. The average molecular weight is 449 g/mol. The van der Waals surface area contributed by atoms with E-state index in [1.54, 1.807) is 6.07 Å². The van der Waals surface area contributed by atoms with Crippen molar-refractivity contribution in [2.75, 3.05) is 48.3 Å². The Morgan fingerprint density at radius 1 is 1.09 bits per heavy atom. The molecule has 4 rings (SSSR count). The molecule has 1 saturated heterocycles. The van der Waals surface area contributed by atoms with Crippen molar-refractivity contribution in [2.24, 2.45) is 0 Å². The van der Waals surface area contributed by atoms with E-state index in [2.05, 4.69) is 28.2 Å². The largest absolute Gasteiger partial charge is 0.416 e. The highest BCUT2D eigenvalue weighted by atomic mass is 19.4. The Morgan fingerprint density at radius 2 is 1.75 bits per heavy atom. The van der Waals surface area contributed by atoms with Gasteiger partial charge in [0.1, 0.15) is 5.82 Å². The van der Waals surface area contributed by atoms with Crippen molar-refractivity contribution < 1.29 is 17.6 Å². The van der Waals surface area contributed by atoms with Crippen LogP contribution in [0.1, 0.15) is 24.5 Å². The summed E-state index contributed by atoms with van der Waals surface area (Å²) in [5.41, 5.74) is 9.45. The second-order valence-electron chi connectivity index (χ2n) is 8.63. The minimum absolute atomic E-state index is 0.219. The number of hydrogen-bond donors (Lipinski definition) is 1. The van der Waals surface area contributed by atoms with Gasteiger partial charge < -0.3 is 15.5 Å². The van der Waals surface area contributed by atoms with Crippen LogP contribution in [0.15, 0.2) is 48.7 Å². The van der Waals surface area contributed by atoms with Gasteiger partial charge in [-0.15, -0.1) is 0 Å². The number of anilines is 3. The van der Waals surface area contributed by atoms with Crippen LogP contribution in [0.3, 0.4) is 0 Å². The van der Waals surface area contributed by atoms with E-state index >= 15 is 0 Å². The molecule has 2 aliphatic heterocycles. The first-order valence-electron chi connectivity index (χ1n) is 10.8. The molecule has 1 atom stereocenters. The van der Waals surface area contributed by atoms with E-state index in [0.717, 1.165) is 73.8 Å². The zero-order valence-electron chi connectivity index (χ0n) is 18.1. The quantitative estimate of drug-likeness (QED) is 0.533. The average Bonchev–Trinajstić information content (AvgIpc) is 2.74. The number of benzene rings is 2. The number of alkyl halides is 3. The summed E-state index contributed by atoms with van der Waals surface area (Å²) in [7, 11) is 0. The van der Waals surface area contributed by atoms with E-state index in [0.29, 0.717) is 12.2 Å². The molecule has 0 aromatic heterocycles. The minimum Gasteiger partial charge on any atom is -0.397 e. The number of rotatable bonds is 4. The van der Waals surface area contributed by atoms with Crippen LogP contribution in [-0.4, -0.2) is 43.7 Å². The van der Waals surface area contributed by atoms with Gasteiger partial charge in [-0.05, 0) is 61.7 Å². The summed E-state index contributed by atoms with van der Waals surface area (Å²) in [6.45, 7) is 10.1. The van der Waals surface area contributed by atoms with Crippen LogP contribution in [0, 0.1) is 5.82 Å². The van der Waals surface area contributed by atoms with Crippen molar-refractivity contribution in [2.45, 2.75) is 32.0 Å². The number of nitrogens with two attached hydrogens (primary N) is 1. The Hall–Kier alpha value is -2.74. The number of nitrogen functional groups attached to an aromatic ring is 1. The molecule has 1 fully saturated rings. The molecule has 1 unspecified atom stereocenters. The van der Waals surface area contributed by atoms with Crippen molar-refractivity contribution >= 4 is 17.1 Å². The van der Waals surface area contributed by atoms with Gasteiger partial charge in [-0.1, -0.05) is 6.58 Å². The number of piperazine rings is 1. The first kappa shape index (κ1) is 22.5. The van der Waals surface area contributed by atoms with E-state index in [-0.39, 0.29) is 11.9 Å². The summed E-state index contributed by atoms with van der Waals surface area (Å²) in [4.78, 5) is 6.51. The van der Waals surface area contributed by atoms with Crippen LogP contribution >= 0.6 is 0 Å². The molecule has 2 aliphatic rings. The van der Waals surface area contributed by atoms with Gasteiger partial charge in [-0.3, -0.25) is 4.90 Å². The monoisotopic (exact) mass is 448 g/mol. The van der Waals surface area contributed by atoms with Gasteiger partial charge in [0.25, 0.3) is 0 Å². The Kier molecular flexibility index (Phi) is 6.07. The summed E-state index contributed by atoms with van der Waals surface area (Å²) < 4.78 is 52.2. The number of fused-ring (bicyclic) bond motifs is 1. The lowest BCUT2D eigenvalue weighted by atomic mass is 9.94. The molecule has 0 saturated carbocycles. The van der Waals surface area contributed by atoms with Crippen LogP contribution < -0.4 is 15.5 Å². The summed E-state index contributed by atoms with van der Waals surface area (Å²) in [5.74, 6) is -0.319. The van der Waals surface area contributed by atoms with Crippen molar-refractivity contribution in [3.63, 3.8) is 0 Å². The van der Waals surface area contributed by atoms with Crippen molar-refractivity contribution in [1.82, 2.24) is 4.90 Å². The van der Waals surface area contributed by atoms with E-state index in [9.17, 15) is 17.6 Å². The van der Waals surface area contributed by atoms with Gasteiger partial charge in [0.15, 0.2) is 0 Å². The third-order valence-corrected chi connectivity index (χ3v) is 6.38. The minimum atomic E-state index is -4.32. The molecule has 4 nitrogen and oxygen atoms in total. The van der Waals surface area contributed by atoms with E-state index in [1.165, 1.54) is 18.2 Å². The lowest BCUT2D eigenvalue weighted by Crippen LogP contribution is -2.49. The second kappa shape index (κ2) is 8.65. The molecule has 0 amide bonds. The summed E-state index contributed by atoms with van der Waals surface area (Å²) in [6.07, 6.45) is -2.64. The molecule has 2 N–H and O–H groups in total. The lowest BCUT2D eigenvalue weighted by molar-refractivity contribution is -0.137. The Labute approximate surface area is 185 Å². The third-order valence-electron chi connectivity index (χ3n) is 6.38. The molecule has 0 spiro atoms. The standard InChI is InChI=1S/C24H28F4N4/c1-16-3-4-18-13-20(25)14-22(29)23(18)32(16)17(2)15-30-9-11-31(12-10-30)21-7-5-19(6-8-21)24(26,27)28/h5-8,13-14,16H,2-4,9-12,15,29H2,1H3. The Morgan fingerprint density at radius 3 is 2.38 bits per heavy atom. The number of halogens is 4. The zero-order valence-corrected chi connectivity index (χ0v) is 18.1. The molecule has 172 valence electrons. The van der Waals surface area contributed by atoms with Crippen LogP contribution in [0.5, 0.6) is 0 Å². The molecule has 32 heavy (non-hydrogen) atoms. The predicted octanol–water partition coefficient (Wildman–Crippen LogP) is 4.90. The lowest BCUT2D eigenvalue weighted by Gasteiger charge is -2.42. The van der Waals surface area contributed by atoms with Gasteiger partial charge >= 0.3 is 6.18 Å². The molecular weight excluding hydrogens is 420 g/mol. The Bertz CT molecular complexity index is 979. The van der Waals surface area contributed by atoms with Crippen LogP contribution in [0.4, 0.5) is 34.6 Å². The molecule has 0 bridgehead atoms. The fraction of sp³-hybridized carbons (Fsp3) is 0.417. The molecule has 8 heteroatoms. The van der Waals surface area contributed by atoms with Crippen molar-refractivity contribution in [3.05, 3.63) is 65.6 Å². The molecule has 0 aliphatic carbocycles. The maximum absolute atomic E-state index is 13.8. The summed E-state index contributed by atoms with van der Waals surface area (Å²) >= 11 is 0. The van der Waals surface area contributed by atoms with Crippen molar-refractivity contribution in [3.8, 4) is 0 Å². The SMILES string of the molecule is C=C(CN1CCN(c2ccc(C(F)(F)F)cc2)CC1)N1c2c(N)cc(F)cc2CCC1C. The number of nitrogens with zero attached hydrogens (tertiary/aromatic N) is 3. The highest BCUT2D eigenvalue weighted by molar-refractivity contribution is 5.75. The molecular formula is C24H28F4N4. The summed E-state index contributed by atoms with van der Waals surface area (Å²) in [5, 5.41) is 0. The van der Waals surface area contributed by atoms with Crippen LogP contribution in [0.2, 0.25) is 0 Å². The normalized spacial score (nSPS) is 19.7. The number of hydrogen-bond acceptors (Lipinski definition) is 4. The maximum atomic E-state index is 13.8. The van der Waals surface area contributed by atoms with E-state index < -0.39 is 11.7 Å². The second-order valence-corrected chi connectivity index (χ2v) is 8.63. The number of aryl methyl sites for hydroxylation is 1. The fourth-order valence-electron chi connectivity index (χ4n) is 4.71. The molecule has 2 aromatic rings. The van der Waals surface area contributed by atoms with Gasteiger partial charge in [0.05, 0.1) is 16.9 Å². The molecule has 2 heterocycles. The van der Waals surface area contributed by atoms with E-state index in [4.69, 9.17) is 5.73 Å². The highest BCUT2D eigenvalue weighted by Crippen LogP contribution is 2.38. The predicted molar refractivity (Wildman–Crippen MR) is 120 cm³/mol. The first-order valence-corrected chi connectivity index (χ1v) is 10.8. The first-order chi connectivity index (χ1) is 15.1. The molecule has 0 radical (unpaired) electrons. The van der Waals surface area contributed by atoms with E-state index in [1.807, 2.05) is 0 Å². The van der Waals surface area contributed by atoms with Gasteiger partial charge in [0, 0.05) is 50.2 Å². The van der Waals surface area contributed by atoms with Crippen LogP contribution in [0.25, 0.3) is 0 Å². The Balaban J connectivity index is 1.39. The topological polar surface area (TPSA) is 35.7 Å². The van der Waals surface area contributed by atoms with Gasteiger partial charge in [-0.2, -0.15) is 13.2 Å². The van der Waals surface area contributed by atoms with Gasteiger partial charge in [-0.25, -0.2) is 4.39 Å².